The van der Waals surface area contributed by atoms with E-state index in [0.717, 1.165) is 27.9 Å². The van der Waals surface area contributed by atoms with Gasteiger partial charge in [0.2, 0.25) is 0 Å². The molecule has 0 spiro atoms. The Kier molecular flexibility index (Phi) is 5.00. The zero-order valence-corrected chi connectivity index (χ0v) is 12.9. The lowest BCUT2D eigenvalue weighted by atomic mass is 10.1. The molecule has 0 saturated heterocycles. The third kappa shape index (κ3) is 4.54. The molecule has 0 aliphatic heterocycles. The SMILES string of the molecule is CC(NCc1ccc(Br)cn1)c1ccc(C(F)(F)F)cc1. The lowest BCUT2D eigenvalue weighted by molar-refractivity contribution is -0.137. The van der Waals surface area contributed by atoms with Gasteiger partial charge in [-0.3, -0.25) is 4.98 Å². The number of pyridine rings is 1. The predicted molar refractivity (Wildman–Crippen MR) is 78.6 cm³/mol. The number of hydrogen-bond donors (Lipinski definition) is 1. The van der Waals surface area contributed by atoms with Gasteiger partial charge in [0.05, 0.1) is 11.3 Å². The van der Waals surface area contributed by atoms with Gasteiger partial charge in [-0.05, 0) is 52.7 Å². The van der Waals surface area contributed by atoms with Crippen LogP contribution in [0.25, 0.3) is 0 Å². The van der Waals surface area contributed by atoms with Crippen LogP contribution in [0.1, 0.15) is 29.8 Å². The first-order chi connectivity index (χ1) is 9.86. The molecule has 0 aliphatic carbocycles. The van der Waals surface area contributed by atoms with E-state index in [2.05, 4.69) is 26.2 Å². The zero-order chi connectivity index (χ0) is 15.5. The Morgan fingerprint density at radius 2 is 1.81 bits per heavy atom. The molecule has 21 heavy (non-hydrogen) atoms. The second-order valence-electron chi connectivity index (χ2n) is 4.69. The fourth-order valence-electron chi connectivity index (χ4n) is 1.85. The maximum absolute atomic E-state index is 12.5. The van der Waals surface area contributed by atoms with Gasteiger partial charge in [0.25, 0.3) is 0 Å². The van der Waals surface area contributed by atoms with Gasteiger partial charge in [0.1, 0.15) is 0 Å². The number of halogens is 4. The van der Waals surface area contributed by atoms with E-state index >= 15 is 0 Å². The van der Waals surface area contributed by atoms with Crippen LogP contribution in [-0.2, 0) is 12.7 Å². The van der Waals surface area contributed by atoms with Crippen molar-refractivity contribution in [2.24, 2.45) is 0 Å². The minimum atomic E-state index is -4.30. The van der Waals surface area contributed by atoms with Crippen molar-refractivity contribution in [3.8, 4) is 0 Å². The molecule has 1 aromatic heterocycles. The van der Waals surface area contributed by atoms with Crippen LogP contribution in [0.3, 0.4) is 0 Å². The summed E-state index contributed by atoms with van der Waals surface area (Å²) in [6, 6.07) is 8.92. The zero-order valence-electron chi connectivity index (χ0n) is 11.3. The molecule has 0 fully saturated rings. The Labute approximate surface area is 129 Å². The number of aromatic nitrogens is 1. The molecule has 0 saturated carbocycles. The van der Waals surface area contributed by atoms with Gasteiger partial charge < -0.3 is 5.32 Å². The van der Waals surface area contributed by atoms with Crippen LogP contribution in [0.5, 0.6) is 0 Å². The molecular formula is C15H14BrF3N2. The molecule has 1 unspecified atom stereocenters. The van der Waals surface area contributed by atoms with Crippen molar-refractivity contribution in [2.45, 2.75) is 25.7 Å². The summed E-state index contributed by atoms with van der Waals surface area (Å²) in [6.45, 7) is 2.46. The molecule has 2 aromatic rings. The summed E-state index contributed by atoms with van der Waals surface area (Å²) in [5.41, 5.74) is 1.05. The first-order valence-corrected chi connectivity index (χ1v) is 7.16. The maximum Gasteiger partial charge on any atom is 0.416 e. The fraction of sp³-hybridized carbons (Fsp3) is 0.267. The van der Waals surface area contributed by atoms with Crippen molar-refractivity contribution in [2.75, 3.05) is 0 Å². The van der Waals surface area contributed by atoms with Crippen molar-refractivity contribution in [3.63, 3.8) is 0 Å². The minimum absolute atomic E-state index is 0.0577. The average molecular weight is 359 g/mol. The molecule has 1 heterocycles. The summed E-state index contributed by atoms with van der Waals surface area (Å²) in [6.07, 6.45) is -2.59. The fourth-order valence-corrected chi connectivity index (χ4v) is 2.08. The van der Waals surface area contributed by atoms with E-state index in [1.807, 2.05) is 19.1 Å². The summed E-state index contributed by atoms with van der Waals surface area (Å²) in [5.74, 6) is 0. The molecule has 6 heteroatoms. The van der Waals surface area contributed by atoms with Crippen LogP contribution < -0.4 is 5.32 Å². The molecule has 1 atom stereocenters. The van der Waals surface area contributed by atoms with Crippen LogP contribution in [0.2, 0.25) is 0 Å². The largest absolute Gasteiger partial charge is 0.416 e. The Hall–Kier alpha value is -1.40. The van der Waals surface area contributed by atoms with E-state index in [-0.39, 0.29) is 6.04 Å². The highest BCUT2D eigenvalue weighted by Gasteiger charge is 2.30. The minimum Gasteiger partial charge on any atom is -0.305 e. The summed E-state index contributed by atoms with van der Waals surface area (Å²) in [7, 11) is 0. The molecule has 2 rings (SSSR count). The first kappa shape index (κ1) is 16.0. The second-order valence-corrected chi connectivity index (χ2v) is 5.61. The van der Waals surface area contributed by atoms with Gasteiger partial charge in [-0.1, -0.05) is 12.1 Å². The molecule has 1 N–H and O–H groups in total. The second kappa shape index (κ2) is 6.58. The smallest absolute Gasteiger partial charge is 0.305 e. The standard InChI is InChI=1S/C15H14BrF3N2/c1-10(20-9-14-7-6-13(16)8-21-14)11-2-4-12(5-3-11)15(17,18)19/h2-8,10,20H,9H2,1H3. The van der Waals surface area contributed by atoms with Crippen molar-refractivity contribution < 1.29 is 13.2 Å². The van der Waals surface area contributed by atoms with Crippen LogP contribution in [0, 0.1) is 0 Å². The normalized spacial score (nSPS) is 13.2. The van der Waals surface area contributed by atoms with Gasteiger partial charge in [-0.15, -0.1) is 0 Å². The van der Waals surface area contributed by atoms with Crippen molar-refractivity contribution >= 4 is 15.9 Å². The van der Waals surface area contributed by atoms with E-state index in [0.29, 0.717) is 6.54 Å². The molecule has 0 bridgehead atoms. The van der Waals surface area contributed by atoms with Crippen molar-refractivity contribution in [1.29, 1.82) is 0 Å². The van der Waals surface area contributed by atoms with Gasteiger partial charge in [-0.25, -0.2) is 0 Å². The average Bonchev–Trinajstić information content (AvgIpc) is 2.45. The lowest BCUT2D eigenvalue weighted by Gasteiger charge is -2.15. The quantitative estimate of drug-likeness (QED) is 0.855. The number of hydrogen-bond acceptors (Lipinski definition) is 2. The predicted octanol–water partition coefficient (Wildman–Crippen LogP) is 4.71. The van der Waals surface area contributed by atoms with E-state index in [1.54, 1.807) is 6.20 Å². The molecule has 2 nitrogen and oxygen atoms in total. The van der Waals surface area contributed by atoms with Gasteiger partial charge in [0.15, 0.2) is 0 Å². The van der Waals surface area contributed by atoms with Crippen molar-refractivity contribution in [1.82, 2.24) is 10.3 Å². The lowest BCUT2D eigenvalue weighted by Crippen LogP contribution is -2.19. The number of nitrogens with zero attached hydrogens (tertiary/aromatic N) is 1. The highest BCUT2D eigenvalue weighted by molar-refractivity contribution is 9.10. The highest BCUT2D eigenvalue weighted by Crippen LogP contribution is 2.29. The highest BCUT2D eigenvalue weighted by atomic mass is 79.9. The number of alkyl halides is 3. The number of rotatable bonds is 4. The molecule has 0 aliphatic rings. The Bertz CT molecular complexity index is 579. The van der Waals surface area contributed by atoms with Crippen LogP contribution in [-0.4, -0.2) is 4.98 Å². The van der Waals surface area contributed by atoms with Gasteiger partial charge in [0, 0.05) is 23.3 Å². The van der Waals surface area contributed by atoms with Crippen LogP contribution >= 0.6 is 15.9 Å². The molecule has 1 aromatic carbocycles. The van der Waals surface area contributed by atoms with E-state index in [1.165, 1.54) is 12.1 Å². The third-order valence-electron chi connectivity index (χ3n) is 3.12. The van der Waals surface area contributed by atoms with E-state index in [9.17, 15) is 13.2 Å². The molecule has 0 radical (unpaired) electrons. The summed E-state index contributed by atoms with van der Waals surface area (Å²) in [5, 5.41) is 3.23. The molecule has 112 valence electrons. The summed E-state index contributed by atoms with van der Waals surface area (Å²) >= 11 is 3.31. The first-order valence-electron chi connectivity index (χ1n) is 6.37. The van der Waals surface area contributed by atoms with Gasteiger partial charge in [-0.2, -0.15) is 13.2 Å². The topological polar surface area (TPSA) is 24.9 Å². The van der Waals surface area contributed by atoms with Crippen molar-refractivity contribution in [3.05, 3.63) is 63.9 Å². The maximum atomic E-state index is 12.5. The molecular weight excluding hydrogens is 345 g/mol. The Morgan fingerprint density at radius 3 is 2.33 bits per heavy atom. The van der Waals surface area contributed by atoms with Gasteiger partial charge >= 0.3 is 6.18 Å². The van der Waals surface area contributed by atoms with E-state index in [4.69, 9.17) is 0 Å². The monoisotopic (exact) mass is 358 g/mol. The molecule has 0 amide bonds. The van der Waals surface area contributed by atoms with Crippen LogP contribution in [0.15, 0.2) is 47.1 Å². The number of nitrogens with one attached hydrogen (secondary N) is 1. The third-order valence-corrected chi connectivity index (χ3v) is 3.59. The van der Waals surface area contributed by atoms with E-state index < -0.39 is 11.7 Å². The Morgan fingerprint density at radius 1 is 1.14 bits per heavy atom. The number of benzene rings is 1. The summed E-state index contributed by atoms with van der Waals surface area (Å²) in [4.78, 5) is 4.23. The summed E-state index contributed by atoms with van der Waals surface area (Å²) < 4.78 is 38.4. The Balaban J connectivity index is 1.97. The van der Waals surface area contributed by atoms with Crippen LogP contribution in [0.4, 0.5) is 13.2 Å².